The molecule has 14 heavy (non-hydrogen) atoms. The topological polar surface area (TPSA) is 30.0 Å². The van der Waals surface area contributed by atoms with Crippen LogP contribution in [0.2, 0.25) is 5.02 Å². The second-order valence-corrected chi connectivity index (χ2v) is 3.02. The van der Waals surface area contributed by atoms with Gasteiger partial charge < -0.3 is 0 Å². The number of pyridine rings is 1. The van der Waals surface area contributed by atoms with Crippen LogP contribution in [0.5, 0.6) is 0 Å². The van der Waals surface area contributed by atoms with E-state index in [2.05, 4.69) is 4.98 Å². The average Bonchev–Trinajstić information content (AvgIpc) is 2.01. The maximum atomic E-state index is 12.8. The van der Waals surface area contributed by atoms with Crippen LogP contribution in [0.1, 0.15) is 22.5 Å². The van der Waals surface area contributed by atoms with Crippen molar-refractivity contribution in [3.05, 3.63) is 28.3 Å². The SMILES string of the molecule is O=C(Cl)c1cc(Cl)c(C(F)F)c(F)n1. The van der Waals surface area contributed by atoms with Crippen molar-refractivity contribution in [2.24, 2.45) is 0 Å². The number of carbonyl (C=O) groups is 1. The zero-order chi connectivity index (χ0) is 10.9. The number of hydrogen-bond acceptors (Lipinski definition) is 2. The molecule has 0 unspecified atom stereocenters. The third-order valence-corrected chi connectivity index (χ3v) is 1.89. The lowest BCUT2D eigenvalue weighted by Crippen LogP contribution is -2.02. The molecule has 0 saturated heterocycles. The van der Waals surface area contributed by atoms with Gasteiger partial charge in [-0.1, -0.05) is 11.6 Å². The van der Waals surface area contributed by atoms with Crippen LogP contribution in [-0.4, -0.2) is 10.2 Å². The Morgan fingerprint density at radius 3 is 2.43 bits per heavy atom. The zero-order valence-electron chi connectivity index (χ0n) is 6.40. The number of rotatable bonds is 2. The Kier molecular flexibility index (Phi) is 3.34. The third kappa shape index (κ3) is 2.16. The number of halogens is 5. The normalized spacial score (nSPS) is 10.7. The van der Waals surface area contributed by atoms with Gasteiger partial charge in [-0.3, -0.25) is 4.79 Å². The molecule has 0 aliphatic heterocycles. The minimum absolute atomic E-state index is 0.501. The first-order valence-corrected chi connectivity index (χ1v) is 4.03. The lowest BCUT2D eigenvalue weighted by molar-refractivity contribution is 0.107. The summed E-state index contributed by atoms with van der Waals surface area (Å²) >= 11 is 10.3. The molecular formula is C7H2Cl2F3NO. The van der Waals surface area contributed by atoms with Crippen LogP contribution >= 0.6 is 23.2 Å². The summed E-state index contributed by atoms with van der Waals surface area (Å²) in [6.07, 6.45) is -3.09. The van der Waals surface area contributed by atoms with Crippen molar-refractivity contribution in [3.8, 4) is 0 Å². The van der Waals surface area contributed by atoms with Crippen LogP contribution in [0.4, 0.5) is 13.2 Å². The van der Waals surface area contributed by atoms with E-state index < -0.39 is 33.9 Å². The molecule has 1 rings (SSSR count). The molecule has 1 aromatic rings. The predicted molar refractivity (Wildman–Crippen MR) is 44.3 cm³/mol. The van der Waals surface area contributed by atoms with E-state index >= 15 is 0 Å². The maximum Gasteiger partial charge on any atom is 0.270 e. The van der Waals surface area contributed by atoms with Gasteiger partial charge in [-0.05, 0) is 17.7 Å². The van der Waals surface area contributed by atoms with E-state index in [1.807, 2.05) is 0 Å². The summed E-state index contributed by atoms with van der Waals surface area (Å²) in [6.45, 7) is 0. The van der Waals surface area contributed by atoms with E-state index in [-0.39, 0.29) is 0 Å². The fraction of sp³-hybridized carbons (Fsp3) is 0.143. The van der Waals surface area contributed by atoms with Gasteiger partial charge in [0, 0.05) is 0 Å². The standard InChI is InChI=1S/C7H2Cl2F3NO/c8-2-1-3(5(9)14)13-7(12)4(2)6(10)11/h1,6H. The first kappa shape index (κ1) is 11.3. The minimum Gasteiger partial charge on any atom is -0.274 e. The molecule has 0 aromatic carbocycles. The molecule has 0 bridgehead atoms. The number of aromatic nitrogens is 1. The summed E-state index contributed by atoms with van der Waals surface area (Å²) in [5, 5.41) is -1.64. The van der Waals surface area contributed by atoms with E-state index in [0.717, 1.165) is 6.07 Å². The highest BCUT2D eigenvalue weighted by molar-refractivity contribution is 6.67. The van der Waals surface area contributed by atoms with Crippen LogP contribution < -0.4 is 0 Å². The van der Waals surface area contributed by atoms with Crippen LogP contribution in [0.15, 0.2) is 6.07 Å². The largest absolute Gasteiger partial charge is 0.274 e. The molecule has 0 radical (unpaired) electrons. The van der Waals surface area contributed by atoms with Crippen LogP contribution in [-0.2, 0) is 0 Å². The lowest BCUT2D eigenvalue weighted by atomic mass is 10.2. The van der Waals surface area contributed by atoms with Gasteiger partial charge in [-0.15, -0.1) is 0 Å². The van der Waals surface area contributed by atoms with Gasteiger partial charge in [0.25, 0.3) is 11.7 Å². The van der Waals surface area contributed by atoms with Crippen molar-refractivity contribution in [2.75, 3.05) is 0 Å². The van der Waals surface area contributed by atoms with Crippen molar-refractivity contribution in [3.63, 3.8) is 0 Å². The second-order valence-electron chi connectivity index (χ2n) is 2.27. The maximum absolute atomic E-state index is 12.8. The Morgan fingerprint density at radius 1 is 1.50 bits per heavy atom. The van der Waals surface area contributed by atoms with Crippen molar-refractivity contribution < 1.29 is 18.0 Å². The molecule has 1 aromatic heterocycles. The first-order chi connectivity index (χ1) is 6.43. The number of carbonyl (C=O) groups excluding carboxylic acids is 1. The van der Waals surface area contributed by atoms with Gasteiger partial charge in [0.05, 0.1) is 10.6 Å². The Labute approximate surface area is 86.6 Å². The van der Waals surface area contributed by atoms with Gasteiger partial charge >= 0.3 is 0 Å². The number of nitrogens with zero attached hydrogens (tertiary/aromatic N) is 1. The van der Waals surface area contributed by atoms with Crippen molar-refractivity contribution in [1.29, 1.82) is 0 Å². The summed E-state index contributed by atoms with van der Waals surface area (Å²) in [5.41, 5.74) is -1.54. The molecule has 0 atom stereocenters. The van der Waals surface area contributed by atoms with Crippen LogP contribution in [0.25, 0.3) is 0 Å². The van der Waals surface area contributed by atoms with Crippen molar-refractivity contribution in [2.45, 2.75) is 6.43 Å². The highest BCUT2D eigenvalue weighted by Gasteiger charge is 2.21. The van der Waals surface area contributed by atoms with Crippen LogP contribution in [0, 0.1) is 5.95 Å². The summed E-state index contributed by atoms with van der Waals surface area (Å²) in [5.74, 6) is -1.49. The monoisotopic (exact) mass is 243 g/mol. The van der Waals surface area contributed by atoms with Gasteiger partial charge in [-0.2, -0.15) is 4.39 Å². The molecule has 0 N–H and O–H groups in total. The molecule has 0 amide bonds. The van der Waals surface area contributed by atoms with Gasteiger partial charge in [0.2, 0.25) is 5.95 Å². The summed E-state index contributed by atoms with van der Waals surface area (Å²) in [4.78, 5) is 13.5. The van der Waals surface area contributed by atoms with Gasteiger partial charge in [0.15, 0.2) is 0 Å². The van der Waals surface area contributed by atoms with Crippen molar-refractivity contribution >= 4 is 28.4 Å². The molecule has 0 aliphatic carbocycles. The Morgan fingerprint density at radius 2 is 2.07 bits per heavy atom. The molecule has 7 heteroatoms. The van der Waals surface area contributed by atoms with Gasteiger partial charge in [0.1, 0.15) is 5.69 Å². The Bertz CT molecular complexity index is 360. The predicted octanol–water partition coefficient (Wildman–Crippen LogP) is 3.19. The van der Waals surface area contributed by atoms with Crippen LogP contribution in [0.3, 0.4) is 0 Å². The van der Waals surface area contributed by atoms with Crippen molar-refractivity contribution in [1.82, 2.24) is 4.98 Å². The smallest absolute Gasteiger partial charge is 0.270 e. The highest BCUT2D eigenvalue weighted by atomic mass is 35.5. The van der Waals surface area contributed by atoms with E-state index in [1.165, 1.54) is 0 Å². The molecular weight excluding hydrogens is 242 g/mol. The minimum atomic E-state index is -3.09. The van der Waals surface area contributed by atoms with Gasteiger partial charge in [-0.25, -0.2) is 13.8 Å². The zero-order valence-corrected chi connectivity index (χ0v) is 7.91. The first-order valence-electron chi connectivity index (χ1n) is 3.27. The van der Waals surface area contributed by atoms with E-state index in [9.17, 15) is 18.0 Å². The molecule has 0 fully saturated rings. The molecule has 0 aliphatic rings. The summed E-state index contributed by atoms with van der Waals surface area (Å²) in [7, 11) is 0. The quantitative estimate of drug-likeness (QED) is 0.590. The fourth-order valence-electron chi connectivity index (χ4n) is 0.790. The molecule has 0 spiro atoms. The lowest BCUT2D eigenvalue weighted by Gasteiger charge is -2.04. The van der Waals surface area contributed by atoms with E-state index in [4.69, 9.17) is 23.2 Å². The summed E-state index contributed by atoms with van der Waals surface area (Å²) in [6, 6.07) is 0.793. The number of alkyl halides is 2. The molecule has 76 valence electrons. The molecule has 0 saturated carbocycles. The van der Waals surface area contributed by atoms with E-state index in [1.54, 1.807) is 0 Å². The summed E-state index contributed by atoms with van der Waals surface area (Å²) < 4.78 is 37.1. The molecule has 1 heterocycles. The fourth-order valence-corrected chi connectivity index (χ4v) is 1.15. The third-order valence-electron chi connectivity index (χ3n) is 1.38. The molecule has 2 nitrogen and oxygen atoms in total. The average molecular weight is 244 g/mol. The highest BCUT2D eigenvalue weighted by Crippen LogP contribution is 2.29. The second kappa shape index (κ2) is 4.14. The Hall–Kier alpha value is -0.810. The van der Waals surface area contributed by atoms with E-state index in [0.29, 0.717) is 0 Å². The Balaban J connectivity index is 3.32. The number of hydrogen-bond donors (Lipinski definition) is 0.